The molecule has 0 atom stereocenters. The average molecular weight is 218 g/mol. The number of pyridine rings is 1. The Morgan fingerprint density at radius 1 is 1.64 bits per heavy atom. The molecule has 3 nitrogen and oxygen atoms in total. The van der Waals surface area contributed by atoms with Gasteiger partial charge in [0.2, 0.25) is 0 Å². The van der Waals surface area contributed by atoms with E-state index in [0.717, 1.165) is 6.20 Å². The van der Waals surface area contributed by atoms with Crippen LogP contribution in [0.15, 0.2) is 6.20 Å². The molecule has 0 radical (unpaired) electrons. The van der Waals surface area contributed by atoms with Crippen molar-refractivity contribution in [1.29, 1.82) is 5.26 Å². The molecule has 0 bridgehead atoms. The van der Waals surface area contributed by atoms with Gasteiger partial charge in [-0.3, -0.25) is 4.98 Å². The first-order chi connectivity index (χ1) is 6.57. The Morgan fingerprint density at radius 3 is 2.79 bits per heavy atom. The lowest BCUT2D eigenvalue weighted by Gasteiger charge is -2.07. The van der Waals surface area contributed by atoms with Crippen LogP contribution in [-0.2, 0) is 6.42 Å². The fourth-order valence-electron chi connectivity index (χ4n) is 0.924. The SMILES string of the molecule is N#CCc1ncc(C(F)F)c(Cl)c1N. The number of aromatic nitrogens is 1. The largest absolute Gasteiger partial charge is 0.396 e. The van der Waals surface area contributed by atoms with Crippen molar-refractivity contribution in [2.45, 2.75) is 12.8 Å². The Balaban J connectivity index is 3.20. The summed E-state index contributed by atoms with van der Waals surface area (Å²) in [7, 11) is 0. The van der Waals surface area contributed by atoms with Gasteiger partial charge < -0.3 is 5.73 Å². The zero-order valence-corrected chi connectivity index (χ0v) is 7.72. The molecule has 1 rings (SSSR count). The smallest absolute Gasteiger partial charge is 0.266 e. The van der Waals surface area contributed by atoms with E-state index in [9.17, 15) is 8.78 Å². The number of nitriles is 1. The summed E-state index contributed by atoms with van der Waals surface area (Å²) in [5.74, 6) is 0. The molecule has 0 saturated heterocycles. The Bertz CT molecular complexity index is 387. The molecule has 2 N–H and O–H groups in total. The first kappa shape index (κ1) is 10.7. The van der Waals surface area contributed by atoms with Crippen molar-refractivity contribution in [2.24, 2.45) is 0 Å². The molecule has 14 heavy (non-hydrogen) atoms. The highest BCUT2D eigenvalue weighted by Crippen LogP contribution is 2.32. The number of hydrogen-bond acceptors (Lipinski definition) is 3. The molecule has 0 unspecified atom stereocenters. The summed E-state index contributed by atoms with van der Waals surface area (Å²) >= 11 is 5.57. The van der Waals surface area contributed by atoms with Crippen molar-refractivity contribution in [3.05, 3.63) is 22.5 Å². The van der Waals surface area contributed by atoms with E-state index in [1.165, 1.54) is 0 Å². The number of nitrogens with two attached hydrogens (primary N) is 1. The van der Waals surface area contributed by atoms with Crippen LogP contribution >= 0.6 is 11.6 Å². The molecule has 1 aromatic rings. The Morgan fingerprint density at radius 2 is 2.29 bits per heavy atom. The van der Waals surface area contributed by atoms with Crippen LogP contribution in [0.3, 0.4) is 0 Å². The molecule has 0 spiro atoms. The first-order valence-electron chi connectivity index (χ1n) is 3.65. The van der Waals surface area contributed by atoms with Crippen molar-refractivity contribution >= 4 is 17.3 Å². The third-order valence-corrected chi connectivity index (χ3v) is 2.06. The summed E-state index contributed by atoms with van der Waals surface area (Å²) in [5.41, 5.74) is 5.19. The molecular weight excluding hydrogens is 212 g/mol. The standard InChI is InChI=1S/C8H6ClF2N3/c9-6-4(8(10)11)3-14-5(1-2-12)7(6)13/h3,8H,1,13H2. The van der Waals surface area contributed by atoms with Crippen LogP contribution in [0.25, 0.3) is 0 Å². The topological polar surface area (TPSA) is 62.7 Å². The van der Waals surface area contributed by atoms with Crippen LogP contribution in [0.1, 0.15) is 17.7 Å². The monoisotopic (exact) mass is 217 g/mol. The molecule has 0 amide bonds. The molecular formula is C8H6ClF2N3. The molecule has 6 heteroatoms. The zero-order chi connectivity index (χ0) is 10.7. The number of rotatable bonds is 2. The van der Waals surface area contributed by atoms with Crippen LogP contribution in [0.4, 0.5) is 14.5 Å². The Kier molecular flexibility index (Phi) is 3.20. The summed E-state index contributed by atoms with van der Waals surface area (Å²) in [5, 5.41) is 8.15. The number of nitrogen functional groups attached to an aromatic ring is 1. The second-order valence-corrected chi connectivity index (χ2v) is 2.90. The third-order valence-electron chi connectivity index (χ3n) is 1.64. The van der Waals surface area contributed by atoms with Crippen LogP contribution in [0.5, 0.6) is 0 Å². The first-order valence-corrected chi connectivity index (χ1v) is 4.03. The van der Waals surface area contributed by atoms with Crippen molar-refractivity contribution in [1.82, 2.24) is 4.98 Å². The maximum Gasteiger partial charge on any atom is 0.266 e. The number of anilines is 1. The summed E-state index contributed by atoms with van der Waals surface area (Å²) in [4.78, 5) is 3.64. The minimum absolute atomic E-state index is 0.0466. The van der Waals surface area contributed by atoms with Gasteiger partial charge in [0.05, 0.1) is 34.5 Å². The lowest BCUT2D eigenvalue weighted by atomic mass is 10.2. The van der Waals surface area contributed by atoms with Gasteiger partial charge >= 0.3 is 0 Å². The molecule has 74 valence electrons. The van der Waals surface area contributed by atoms with Crippen LogP contribution in [-0.4, -0.2) is 4.98 Å². The predicted molar refractivity (Wildman–Crippen MR) is 47.9 cm³/mol. The summed E-state index contributed by atoms with van der Waals surface area (Å²) in [6.45, 7) is 0. The van der Waals surface area contributed by atoms with Gasteiger partial charge in [-0.2, -0.15) is 5.26 Å². The minimum Gasteiger partial charge on any atom is -0.396 e. The van der Waals surface area contributed by atoms with Crippen molar-refractivity contribution in [2.75, 3.05) is 5.73 Å². The Hall–Kier alpha value is -1.41. The summed E-state index contributed by atoms with van der Waals surface area (Å²) in [6.07, 6.45) is -1.82. The highest BCUT2D eigenvalue weighted by atomic mass is 35.5. The maximum atomic E-state index is 12.3. The van der Waals surface area contributed by atoms with Gasteiger partial charge in [-0.05, 0) is 0 Å². The van der Waals surface area contributed by atoms with Crippen molar-refractivity contribution in [3.8, 4) is 6.07 Å². The van der Waals surface area contributed by atoms with Gasteiger partial charge in [-0.15, -0.1) is 0 Å². The quantitative estimate of drug-likeness (QED) is 0.827. The summed E-state index contributed by atoms with van der Waals surface area (Å²) in [6, 6.07) is 1.81. The van der Waals surface area contributed by atoms with Crippen molar-refractivity contribution < 1.29 is 8.78 Å². The summed E-state index contributed by atoms with van der Waals surface area (Å²) < 4.78 is 24.6. The van der Waals surface area contributed by atoms with Gasteiger partial charge in [-0.1, -0.05) is 11.6 Å². The van der Waals surface area contributed by atoms with Gasteiger partial charge in [-0.25, -0.2) is 8.78 Å². The third kappa shape index (κ3) is 1.91. The molecule has 0 aromatic carbocycles. The molecule has 0 aliphatic heterocycles. The molecule has 1 aromatic heterocycles. The molecule has 0 saturated carbocycles. The van der Waals surface area contributed by atoms with E-state index in [4.69, 9.17) is 22.6 Å². The lowest BCUT2D eigenvalue weighted by Crippen LogP contribution is -2.01. The predicted octanol–water partition coefficient (Wildman–Crippen LogP) is 2.32. The van der Waals surface area contributed by atoms with Gasteiger partial charge in [0.25, 0.3) is 6.43 Å². The van der Waals surface area contributed by atoms with E-state index in [1.54, 1.807) is 0 Å². The highest BCUT2D eigenvalue weighted by Gasteiger charge is 2.16. The van der Waals surface area contributed by atoms with Gasteiger partial charge in [0.1, 0.15) is 0 Å². The van der Waals surface area contributed by atoms with Gasteiger partial charge in [0.15, 0.2) is 0 Å². The lowest BCUT2D eigenvalue weighted by molar-refractivity contribution is 0.151. The number of alkyl halides is 2. The number of hydrogen-bond donors (Lipinski definition) is 1. The fourth-order valence-corrected chi connectivity index (χ4v) is 1.16. The van der Waals surface area contributed by atoms with E-state index in [1.807, 2.05) is 6.07 Å². The van der Waals surface area contributed by atoms with Crippen LogP contribution < -0.4 is 5.73 Å². The second-order valence-electron chi connectivity index (χ2n) is 2.52. The average Bonchev–Trinajstić information content (AvgIpc) is 2.13. The molecule has 0 aliphatic carbocycles. The maximum absolute atomic E-state index is 12.3. The molecule has 0 fully saturated rings. The van der Waals surface area contributed by atoms with Crippen LogP contribution in [0.2, 0.25) is 5.02 Å². The Labute approximate surface area is 84.1 Å². The van der Waals surface area contributed by atoms with E-state index in [-0.39, 0.29) is 22.8 Å². The van der Waals surface area contributed by atoms with Gasteiger partial charge in [0, 0.05) is 6.20 Å². The van der Waals surface area contributed by atoms with E-state index < -0.39 is 12.0 Å². The van der Waals surface area contributed by atoms with E-state index >= 15 is 0 Å². The highest BCUT2D eigenvalue weighted by molar-refractivity contribution is 6.34. The molecule has 1 heterocycles. The fraction of sp³-hybridized carbons (Fsp3) is 0.250. The second kappa shape index (κ2) is 4.20. The number of nitrogens with zero attached hydrogens (tertiary/aromatic N) is 2. The van der Waals surface area contributed by atoms with Crippen LogP contribution in [0, 0.1) is 11.3 Å². The van der Waals surface area contributed by atoms with E-state index in [2.05, 4.69) is 4.98 Å². The van der Waals surface area contributed by atoms with Crippen molar-refractivity contribution in [3.63, 3.8) is 0 Å². The van der Waals surface area contributed by atoms with E-state index in [0.29, 0.717) is 0 Å². The zero-order valence-electron chi connectivity index (χ0n) is 6.97. The number of halogens is 3. The normalized spacial score (nSPS) is 10.2. The minimum atomic E-state index is -2.71. The molecule has 0 aliphatic rings.